The first kappa shape index (κ1) is 9.23. The number of carboxylic acid groups (broad SMARTS) is 1. The highest BCUT2D eigenvalue weighted by Gasteiger charge is 2.07. The summed E-state index contributed by atoms with van der Waals surface area (Å²) in [5.74, 6) is 3.74. The Morgan fingerprint density at radius 3 is 3.00 bits per heavy atom. The number of rotatable bonds is 1. The van der Waals surface area contributed by atoms with E-state index in [0.717, 1.165) is 0 Å². The minimum Gasteiger partial charge on any atom is -0.476 e. The van der Waals surface area contributed by atoms with Crippen molar-refractivity contribution < 1.29 is 15.0 Å². The van der Waals surface area contributed by atoms with Gasteiger partial charge in [-0.25, -0.2) is 9.78 Å². The molecule has 0 aliphatic carbocycles. The summed E-state index contributed by atoms with van der Waals surface area (Å²) in [6.07, 6.45) is 1.38. The van der Waals surface area contributed by atoms with E-state index in [9.17, 15) is 4.79 Å². The maximum absolute atomic E-state index is 10.6. The maximum atomic E-state index is 10.6. The second kappa shape index (κ2) is 4.24. The minimum atomic E-state index is -1.12. The van der Waals surface area contributed by atoms with Gasteiger partial charge in [-0.2, -0.15) is 0 Å². The molecule has 0 atom stereocenters. The van der Waals surface area contributed by atoms with E-state index in [1.54, 1.807) is 12.1 Å². The van der Waals surface area contributed by atoms with Gasteiger partial charge in [0.2, 0.25) is 0 Å². The number of pyridine rings is 1. The highest BCUT2D eigenvalue weighted by molar-refractivity contribution is 5.88. The molecule has 13 heavy (non-hydrogen) atoms. The van der Waals surface area contributed by atoms with Crippen molar-refractivity contribution in [3.8, 4) is 11.8 Å². The molecule has 66 valence electrons. The fraction of sp³-hybridized carbons (Fsp3) is 0.111. The molecule has 0 unspecified atom stereocenters. The monoisotopic (exact) mass is 177 g/mol. The lowest BCUT2D eigenvalue weighted by Crippen LogP contribution is -2.02. The van der Waals surface area contributed by atoms with Gasteiger partial charge in [-0.15, -0.1) is 0 Å². The molecule has 0 bridgehead atoms. The van der Waals surface area contributed by atoms with Crippen LogP contribution in [-0.4, -0.2) is 27.8 Å². The van der Waals surface area contributed by atoms with Crippen molar-refractivity contribution in [1.82, 2.24) is 4.98 Å². The number of nitrogens with zero attached hydrogens (tertiary/aromatic N) is 1. The fourth-order valence-corrected chi connectivity index (χ4v) is 0.811. The molecule has 1 heterocycles. The lowest BCUT2D eigenvalue weighted by atomic mass is 10.2. The molecule has 4 heteroatoms. The molecule has 1 aromatic heterocycles. The summed E-state index contributed by atoms with van der Waals surface area (Å²) < 4.78 is 0. The van der Waals surface area contributed by atoms with Crippen molar-refractivity contribution in [2.75, 3.05) is 6.61 Å². The molecule has 0 spiro atoms. The zero-order chi connectivity index (χ0) is 9.68. The van der Waals surface area contributed by atoms with Crippen molar-refractivity contribution in [2.24, 2.45) is 0 Å². The summed E-state index contributed by atoms with van der Waals surface area (Å²) in [6, 6.07) is 3.13. The highest BCUT2D eigenvalue weighted by Crippen LogP contribution is 2.02. The second-order valence-corrected chi connectivity index (χ2v) is 2.16. The van der Waals surface area contributed by atoms with Crippen molar-refractivity contribution in [2.45, 2.75) is 0 Å². The van der Waals surface area contributed by atoms with Crippen LogP contribution >= 0.6 is 0 Å². The van der Waals surface area contributed by atoms with Gasteiger partial charge < -0.3 is 10.2 Å². The minimum absolute atomic E-state index is 0.0940. The van der Waals surface area contributed by atoms with Crippen LogP contribution in [0.5, 0.6) is 0 Å². The maximum Gasteiger partial charge on any atom is 0.355 e. The van der Waals surface area contributed by atoms with E-state index < -0.39 is 5.97 Å². The van der Waals surface area contributed by atoms with Crippen LogP contribution in [0, 0.1) is 11.8 Å². The van der Waals surface area contributed by atoms with Crippen LogP contribution < -0.4 is 0 Å². The molecule has 0 saturated carbocycles. The molecule has 0 aromatic carbocycles. The van der Waals surface area contributed by atoms with E-state index in [-0.39, 0.29) is 12.3 Å². The molecule has 0 aliphatic rings. The number of hydrogen-bond acceptors (Lipinski definition) is 3. The Balaban J connectivity index is 3.12. The molecule has 1 rings (SSSR count). The zero-order valence-corrected chi connectivity index (χ0v) is 6.69. The molecule has 0 aliphatic heterocycles. The van der Waals surface area contributed by atoms with Gasteiger partial charge in [-0.1, -0.05) is 11.8 Å². The number of hydrogen-bond donors (Lipinski definition) is 2. The third kappa shape index (κ3) is 2.29. The molecule has 0 amide bonds. The first-order valence-corrected chi connectivity index (χ1v) is 3.53. The van der Waals surface area contributed by atoms with E-state index in [4.69, 9.17) is 10.2 Å². The number of carboxylic acids is 1. The average molecular weight is 177 g/mol. The van der Waals surface area contributed by atoms with Crippen molar-refractivity contribution >= 4 is 5.97 Å². The summed E-state index contributed by atoms with van der Waals surface area (Å²) in [5.41, 5.74) is 0.215. The predicted molar refractivity (Wildman–Crippen MR) is 45.2 cm³/mol. The van der Waals surface area contributed by atoms with Gasteiger partial charge in [0.1, 0.15) is 6.61 Å². The van der Waals surface area contributed by atoms with Crippen molar-refractivity contribution in [3.05, 3.63) is 29.6 Å². The molecule has 0 radical (unpaired) electrons. The van der Waals surface area contributed by atoms with E-state index in [2.05, 4.69) is 16.8 Å². The number of aromatic carboxylic acids is 1. The van der Waals surface area contributed by atoms with E-state index in [1.807, 2.05) is 0 Å². The molecular weight excluding hydrogens is 170 g/mol. The van der Waals surface area contributed by atoms with Crippen molar-refractivity contribution in [3.63, 3.8) is 0 Å². The Morgan fingerprint density at radius 1 is 1.62 bits per heavy atom. The summed E-state index contributed by atoms with van der Waals surface area (Å²) in [7, 11) is 0. The van der Waals surface area contributed by atoms with Gasteiger partial charge in [0.15, 0.2) is 5.69 Å². The Morgan fingerprint density at radius 2 is 2.38 bits per heavy atom. The normalized spacial score (nSPS) is 8.69. The van der Waals surface area contributed by atoms with Gasteiger partial charge in [-0.3, -0.25) is 0 Å². The van der Waals surface area contributed by atoms with Crippen LogP contribution in [0.15, 0.2) is 18.3 Å². The molecular formula is C9H7NO3. The third-order valence-corrected chi connectivity index (χ3v) is 1.31. The summed E-state index contributed by atoms with van der Waals surface area (Å²) in [6.45, 7) is -0.298. The Kier molecular flexibility index (Phi) is 3.01. The number of carbonyl (C=O) groups is 1. The SMILES string of the molecule is O=C(O)c1ncccc1C#CCO. The average Bonchev–Trinajstić information content (AvgIpc) is 2.15. The van der Waals surface area contributed by atoms with Gasteiger partial charge in [-0.05, 0) is 12.1 Å². The molecule has 4 nitrogen and oxygen atoms in total. The molecule has 2 N–H and O–H groups in total. The zero-order valence-electron chi connectivity index (χ0n) is 6.69. The molecule has 0 fully saturated rings. The number of aliphatic hydroxyl groups is 1. The van der Waals surface area contributed by atoms with Crippen LogP contribution in [0.3, 0.4) is 0 Å². The van der Waals surface area contributed by atoms with Gasteiger partial charge >= 0.3 is 5.97 Å². The van der Waals surface area contributed by atoms with E-state index in [0.29, 0.717) is 5.56 Å². The Bertz CT molecular complexity index is 376. The van der Waals surface area contributed by atoms with Crippen LogP contribution in [0.4, 0.5) is 0 Å². The number of aromatic nitrogens is 1. The van der Waals surface area contributed by atoms with Crippen LogP contribution in [0.25, 0.3) is 0 Å². The molecule has 1 aromatic rings. The summed E-state index contributed by atoms with van der Waals surface area (Å²) in [4.78, 5) is 14.2. The molecule has 0 saturated heterocycles. The van der Waals surface area contributed by atoms with Crippen LogP contribution in [-0.2, 0) is 0 Å². The summed E-state index contributed by atoms with van der Waals surface area (Å²) in [5, 5.41) is 17.1. The topological polar surface area (TPSA) is 70.4 Å². The highest BCUT2D eigenvalue weighted by atomic mass is 16.4. The largest absolute Gasteiger partial charge is 0.476 e. The Labute approximate surface area is 74.9 Å². The van der Waals surface area contributed by atoms with Crippen LogP contribution in [0.1, 0.15) is 16.1 Å². The van der Waals surface area contributed by atoms with Gasteiger partial charge in [0.25, 0.3) is 0 Å². The van der Waals surface area contributed by atoms with E-state index in [1.165, 1.54) is 6.20 Å². The Hall–Kier alpha value is -1.86. The van der Waals surface area contributed by atoms with E-state index >= 15 is 0 Å². The smallest absolute Gasteiger partial charge is 0.355 e. The number of aliphatic hydroxyl groups excluding tert-OH is 1. The quantitative estimate of drug-likeness (QED) is 0.598. The lowest BCUT2D eigenvalue weighted by Gasteiger charge is -1.95. The third-order valence-electron chi connectivity index (χ3n) is 1.31. The predicted octanol–water partition coefficient (Wildman–Crippen LogP) is 0.124. The first-order chi connectivity index (χ1) is 6.25. The summed E-state index contributed by atoms with van der Waals surface area (Å²) >= 11 is 0. The standard InChI is InChI=1S/C9H7NO3/c11-6-2-4-7-3-1-5-10-8(7)9(12)13/h1,3,5,11H,6H2,(H,12,13). The fourth-order valence-electron chi connectivity index (χ4n) is 0.811. The lowest BCUT2D eigenvalue weighted by molar-refractivity contribution is 0.0690. The van der Waals surface area contributed by atoms with Crippen molar-refractivity contribution in [1.29, 1.82) is 0 Å². The van der Waals surface area contributed by atoms with Gasteiger partial charge in [0.05, 0.1) is 5.56 Å². The van der Waals surface area contributed by atoms with Crippen LogP contribution in [0.2, 0.25) is 0 Å². The second-order valence-electron chi connectivity index (χ2n) is 2.16. The van der Waals surface area contributed by atoms with Gasteiger partial charge in [0, 0.05) is 6.20 Å². The first-order valence-electron chi connectivity index (χ1n) is 3.53.